The van der Waals surface area contributed by atoms with Gasteiger partial charge in [0.15, 0.2) is 0 Å². The molecule has 0 heterocycles. The van der Waals surface area contributed by atoms with Gasteiger partial charge in [-0.1, -0.05) is 49.4 Å². The number of hydrogen-bond acceptors (Lipinski definition) is 3. The molecule has 0 aromatic heterocycles. The fraction of sp³-hybridized carbons (Fsp3) is 0.333. The lowest BCUT2D eigenvalue weighted by Gasteiger charge is -2.24. The molecule has 2 aromatic carbocycles. The van der Waals surface area contributed by atoms with Crippen LogP contribution in [0.25, 0.3) is 0 Å². The Morgan fingerprint density at radius 3 is 2.24 bits per heavy atom. The Balaban J connectivity index is 2.14. The minimum atomic E-state index is -0.403. The minimum Gasteiger partial charge on any atom is -0.395 e. The van der Waals surface area contributed by atoms with Crippen LogP contribution >= 0.6 is 0 Å². The lowest BCUT2D eigenvalue weighted by molar-refractivity contribution is 0.173. The standard InChI is InChI=1S/C18H23NO2/c1-2-18(21)16-8-10-17(11-9-16)19(12-13-20)14-15-6-4-3-5-7-15/h3-11,18,20-21H,2,12-14H2,1H3. The van der Waals surface area contributed by atoms with E-state index in [0.29, 0.717) is 13.0 Å². The summed E-state index contributed by atoms with van der Waals surface area (Å²) in [7, 11) is 0. The van der Waals surface area contributed by atoms with Crippen LogP contribution in [0, 0.1) is 0 Å². The lowest BCUT2D eigenvalue weighted by Crippen LogP contribution is -2.26. The zero-order chi connectivity index (χ0) is 15.1. The van der Waals surface area contributed by atoms with Crippen molar-refractivity contribution >= 4 is 5.69 Å². The first kappa shape index (κ1) is 15.5. The van der Waals surface area contributed by atoms with Crippen molar-refractivity contribution in [3.8, 4) is 0 Å². The van der Waals surface area contributed by atoms with Gasteiger partial charge in [0.2, 0.25) is 0 Å². The average Bonchev–Trinajstić information content (AvgIpc) is 2.55. The Morgan fingerprint density at radius 1 is 1.00 bits per heavy atom. The number of aliphatic hydroxyl groups excluding tert-OH is 2. The molecule has 0 fully saturated rings. The molecule has 0 aliphatic heterocycles. The molecule has 0 bridgehead atoms. The summed E-state index contributed by atoms with van der Waals surface area (Å²) in [6.45, 7) is 3.43. The van der Waals surface area contributed by atoms with Crippen LogP contribution < -0.4 is 4.90 Å². The fourth-order valence-electron chi connectivity index (χ4n) is 2.37. The zero-order valence-corrected chi connectivity index (χ0v) is 12.4. The lowest BCUT2D eigenvalue weighted by atomic mass is 10.1. The highest BCUT2D eigenvalue weighted by Crippen LogP contribution is 2.22. The molecule has 0 saturated heterocycles. The van der Waals surface area contributed by atoms with E-state index >= 15 is 0 Å². The second-order valence-electron chi connectivity index (χ2n) is 5.15. The van der Waals surface area contributed by atoms with E-state index in [-0.39, 0.29) is 6.61 Å². The van der Waals surface area contributed by atoms with Gasteiger partial charge >= 0.3 is 0 Å². The molecule has 0 spiro atoms. The molecule has 1 atom stereocenters. The summed E-state index contributed by atoms with van der Waals surface area (Å²) in [5.74, 6) is 0. The maximum Gasteiger partial charge on any atom is 0.0787 e. The first-order valence-corrected chi connectivity index (χ1v) is 7.42. The molecule has 1 unspecified atom stereocenters. The number of hydrogen-bond donors (Lipinski definition) is 2. The van der Waals surface area contributed by atoms with Crippen LogP contribution in [0.2, 0.25) is 0 Å². The molecule has 2 aromatic rings. The number of aliphatic hydroxyl groups is 2. The van der Waals surface area contributed by atoms with E-state index in [9.17, 15) is 10.2 Å². The van der Waals surface area contributed by atoms with Gasteiger partial charge in [0.05, 0.1) is 12.7 Å². The molecule has 112 valence electrons. The molecule has 0 saturated carbocycles. The molecule has 0 aliphatic carbocycles. The summed E-state index contributed by atoms with van der Waals surface area (Å²) in [6, 6.07) is 18.1. The van der Waals surface area contributed by atoms with Crippen LogP contribution in [0.3, 0.4) is 0 Å². The van der Waals surface area contributed by atoms with Crippen LogP contribution in [0.4, 0.5) is 5.69 Å². The smallest absolute Gasteiger partial charge is 0.0787 e. The van der Waals surface area contributed by atoms with Crippen molar-refractivity contribution in [3.63, 3.8) is 0 Å². The van der Waals surface area contributed by atoms with Crippen LogP contribution in [-0.2, 0) is 6.54 Å². The van der Waals surface area contributed by atoms with Gasteiger partial charge in [0, 0.05) is 18.8 Å². The van der Waals surface area contributed by atoms with Gasteiger partial charge in [-0.15, -0.1) is 0 Å². The quantitative estimate of drug-likeness (QED) is 0.821. The molecule has 0 radical (unpaired) electrons. The number of anilines is 1. The third-order valence-corrected chi connectivity index (χ3v) is 3.62. The van der Waals surface area contributed by atoms with E-state index in [0.717, 1.165) is 17.8 Å². The highest BCUT2D eigenvalue weighted by atomic mass is 16.3. The summed E-state index contributed by atoms with van der Waals surface area (Å²) in [6.07, 6.45) is 0.309. The normalized spacial score (nSPS) is 12.1. The predicted octanol–water partition coefficient (Wildman–Crippen LogP) is 3.13. The molecule has 3 nitrogen and oxygen atoms in total. The molecule has 21 heavy (non-hydrogen) atoms. The molecule has 0 aliphatic rings. The molecule has 2 rings (SSSR count). The van der Waals surface area contributed by atoms with Crippen molar-refractivity contribution < 1.29 is 10.2 Å². The SMILES string of the molecule is CCC(O)c1ccc(N(CCO)Cc2ccccc2)cc1. The second-order valence-corrected chi connectivity index (χ2v) is 5.15. The Kier molecular flexibility index (Phi) is 5.78. The molecule has 2 N–H and O–H groups in total. The maximum atomic E-state index is 9.84. The van der Waals surface area contributed by atoms with Gasteiger partial charge in [-0.2, -0.15) is 0 Å². The number of benzene rings is 2. The van der Waals surface area contributed by atoms with Crippen LogP contribution in [-0.4, -0.2) is 23.4 Å². The van der Waals surface area contributed by atoms with E-state index in [1.54, 1.807) is 0 Å². The Morgan fingerprint density at radius 2 is 1.67 bits per heavy atom. The first-order chi connectivity index (χ1) is 10.2. The Labute approximate surface area is 126 Å². The molecule has 0 amide bonds. The van der Waals surface area contributed by atoms with E-state index in [1.165, 1.54) is 5.56 Å². The summed E-state index contributed by atoms with van der Waals surface area (Å²) in [5, 5.41) is 19.1. The second kappa shape index (κ2) is 7.81. The highest BCUT2D eigenvalue weighted by Gasteiger charge is 2.09. The van der Waals surface area contributed by atoms with E-state index in [2.05, 4.69) is 17.0 Å². The first-order valence-electron chi connectivity index (χ1n) is 7.42. The third kappa shape index (κ3) is 4.31. The summed E-state index contributed by atoms with van der Waals surface area (Å²) in [4.78, 5) is 2.14. The van der Waals surface area contributed by atoms with Crippen molar-refractivity contribution in [2.75, 3.05) is 18.1 Å². The summed E-state index contributed by atoms with van der Waals surface area (Å²) in [5.41, 5.74) is 3.20. The Bertz CT molecular complexity index is 525. The van der Waals surface area contributed by atoms with Gasteiger partial charge in [0.25, 0.3) is 0 Å². The minimum absolute atomic E-state index is 0.117. The highest BCUT2D eigenvalue weighted by molar-refractivity contribution is 5.48. The van der Waals surface area contributed by atoms with Crippen molar-refractivity contribution in [1.82, 2.24) is 0 Å². The number of nitrogens with zero attached hydrogens (tertiary/aromatic N) is 1. The zero-order valence-electron chi connectivity index (χ0n) is 12.4. The molecular formula is C18H23NO2. The van der Waals surface area contributed by atoms with E-state index < -0.39 is 6.10 Å². The fourth-order valence-corrected chi connectivity index (χ4v) is 2.37. The summed E-state index contributed by atoms with van der Waals surface area (Å²) < 4.78 is 0. The van der Waals surface area contributed by atoms with Gasteiger partial charge in [-0.3, -0.25) is 0 Å². The Hall–Kier alpha value is -1.84. The largest absolute Gasteiger partial charge is 0.395 e. The van der Waals surface area contributed by atoms with Gasteiger partial charge in [0.1, 0.15) is 0 Å². The van der Waals surface area contributed by atoms with Crippen molar-refractivity contribution in [2.24, 2.45) is 0 Å². The van der Waals surface area contributed by atoms with Crippen LogP contribution in [0.15, 0.2) is 54.6 Å². The van der Waals surface area contributed by atoms with Gasteiger partial charge < -0.3 is 15.1 Å². The van der Waals surface area contributed by atoms with Gasteiger partial charge in [-0.25, -0.2) is 0 Å². The third-order valence-electron chi connectivity index (χ3n) is 3.62. The number of rotatable bonds is 7. The maximum absolute atomic E-state index is 9.84. The van der Waals surface area contributed by atoms with Crippen molar-refractivity contribution in [1.29, 1.82) is 0 Å². The molecular weight excluding hydrogens is 262 g/mol. The molecule has 3 heteroatoms. The van der Waals surface area contributed by atoms with Crippen LogP contribution in [0.5, 0.6) is 0 Å². The van der Waals surface area contributed by atoms with E-state index in [4.69, 9.17) is 0 Å². The van der Waals surface area contributed by atoms with Crippen molar-refractivity contribution in [2.45, 2.75) is 26.0 Å². The van der Waals surface area contributed by atoms with E-state index in [1.807, 2.05) is 49.4 Å². The van der Waals surface area contributed by atoms with Gasteiger partial charge in [-0.05, 0) is 29.7 Å². The monoisotopic (exact) mass is 285 g/mol. The average molecular weight is 285 g/mol. The summed E-state index contributed by atoms with van der Waals surface area (Å²) >= 11 is 0. The topological polar surface area (TPSA) is 43.7 Å². The van der Waals surface area contributed by atoms with Crippen LogP contribution in [0.1, 0.15) is 30.6 Å². The van der Waals surface area contributed by atoms with Crippen molar-refractivity contribution in [3.05, 3.63) is 65.7 Å². The predicted molar refractivity (Wildman–Crippen MR) is 86.3 cm³/mol.